The molecule has 1 heterocycles. The van der Waals surface area contributed by atoms with Crippen molar-refractivity contribution >= 4 is 5.97 Å². The molecule has 0 aliphatic heterocycles. The van der Waals surface area contributed by atoms with Gasteiger partial charge in [-0.1, -0.05) is 18.2 Å². The number of pyridine rings is 1. The normalized spacial score (nSPS) is 8.44. The number of ether oxygens (including phenoxy) is 1. The second kappa shape index (κ2) is 7.58. The summed E-state index contributed by atoms with van der Waals surface area (Å²) in [5, 5.41) is 8.25. The molecular weight excluding hydrogens is 228 g/mol. The molecule has 2 rings (SSSR count). The van der Waals surface area contributed by atoms with E-state index in [0.717, 1.165) is 0 Å². The zero-order chi connectivity index (χ0) is 13.2. The number of nitrogens with zero attached hydrogens (tertiary/aromatic N) is 2. The Hall–Kier alpha value is -2.67. The van der Waals surface area contributed by atoms with Crippen molar-refractivity contribution < 1.29 is 9.53 Å². The fraction of sp³-hybridized carbons (Fsp3) is 0.0714. The molecule has 0 spiro atoms. The Morgan fingerprint density at radius 1 is 1.22 bits per heavy atom. The first-order valence-electron chi connectivity index (χ1n) is 5.21. The van der Waals surface area contributed by atoms with Gasteiger partial charge in [0.1, 0.15) is 6.07 Å². The van der Waals surface area contributed by atoms with Crippen LogP contribution in [0.4, 0.5) is 0 Å². The lowest BCUT2D eigenvalue weighted by molar-refractivity contribution is 0.0601. The average Bonchev–Trinajstić information content (AvgIpc) is 2.49. The van der Waals surface area contributed by atoms with Gasteiger partial charge in [0.2, 0.25) is 0 Å². The minimum atomic E-state index is -0.291. The number of esters is 1. The van der Waals surface area contributed by atoms with Gasteiger partial charge in [0.05, 0.1) is 18.2 Å². The van der Waals surface area contributed by atoms with Crippen LogP contribution < -0.4 is 0 Å². The van der Waals surface area contributed by atoms with Gasteiger partial charge >= 0.3 is 5.97 Å². The summed E-state index contributed by atoms with van der Waals surface area (Å²) in [7, 11) is 1.37. The lowest BCUT2D eigenvalue weighted by Crippen LogP contribution is -1.99. The molecule has 0 N–H and O–H groups in total. The van der Waals surface area contributed by atoms with Crippen LogP contribution in [0.15, 0.2) is 54.9 Å². The molecule has 0 atom stereocenters. The van der Waals surface area contributed by atoms with E-state index >= 15 is 0 Å². The smallest absolute Gasteiger partial charge is 0.337 e. The third-order valence-corrected chi connectivity index (χ3v) is 1.99. The van der Waals surface area contributed by atoms with Crippen molar-refractivity contribution in [1.29, 1.82) is 5.26 Å². The Labute approximate surface area is 105 Å². The largest absolute Gasteiger partial charge is 0.465 e. The summed E-state index contributed by atoms with van der Waals surface area (Å²) in [5.74, 6) is -0.291. The van der Waals surface area contributed by atoms with E-state index in [1.165, 1.54) is 13.3 Å². The molecule has 0 saturated carbocycles. The lowest BCUT2D eigenvalue weighted by Gasteiger charge is -1.95. The maximum absolute atomic E-state index is 10.8. The first-order chi connectivity index (χ1) is 8.77. The van der Waals surface area contributed by atoms with Gasteiger partial charge in [-0.15, -0.1) is 0 Å². The van der Waals surface area contributed by atoms with E-state index in [1.54, 1.807) is 42.6 Å². The van der Waals surface area contributed by atoms with Crippen molar-refractivity contribution in [3.05, 3.63) is 66.0 Å². The maximum Gasteiger partial charge on any atom is 0.337 e. The topological polar surface area (TPSA) is 63.0 Å². The summed E-state index contributed by atoms with van der Waals surface area (Å²) in [6.07, 6.45) is 3.17. The Balaban J connectivity index is 0.000000184. The summed E-state index contributed by atoms with van der Waals surface area (Å²) in [5.41, 5.74) is 1.19. The average molecular weight is 240 g/mol. The van der Waals surface area contributed by atoms with Crippen LogP contribution in [0.2, 0.25) is 0 Å². The number of carbonyl (C=O) groups excluding carboxylic acids is 1. The molecular formula is C14H12N2O2. The number of aromatic nitrogens is 1. The fourth-order valence-electron chi connectivity index (χ4n) is 1.12. The van der Waals surface area contributed by atoms with Gasteiger partial charge in [-0.3, -0.25) is 4.98 Å². The molecule has 4 heteroatoms. The second-order valence-corrected chi connectivity index (χ2v) is 3.21. The van der Waals surface area contributed by atoms with Gasteiger partial charge in [0.25, 0.3) is 0 Å². The standard InChI is InChI=1S/C8H8O2.C6H4N2/c1-10-8(9)7-5-3-2-4-6-7;7-4-6-2-1-3-8-5-6/h2-6H,1H3;1-3,5H. The Kier molecular flexibility index (Phi) is 5.64. The van der Waals surface area contributed by atoms with Crippen molar-refractivity contribution in [3.63, 3.8) is 0 Å². The van der Waals surface area contributed by atoms with E-state index in [2.05, 4.69) is 9.72 Å². The molecule has 18 heavy (non-hydrogen) atoms. The highest BCUT2D eigenvalue weighted by Gasteiger charge is 2.00. The van der Waals surface area contributed by atoms with Gasteiger partial charge in [-0.25, -0.2) is 4.79 Å². The van der Waals surface area contributed by atoms with Crippen LogP contribution in [0.5, 0.6) is 0 Å². The fourth-order valence-corrected chi connectivity index (χ4v) is 1.12. The van der Waals surface area contributed by atoms with E-state index < -0.39 is 0 Å². The third-order valence-electron chi connectivity index (χ3n) is 1.99. The van der Waals surface area contributed by atoms with Gasteiger partial charge in [0, 0.05) is 12.4 Å². The minimum Gasteiger partial charge on any atom is -0.465 e. The number of hydrogen-bond acceptors (Lipinski definition) is 4. The molecule has 0 unspecified atom stereocenters. The van der Waals surface area contributed by atoms with E-state index in [1.807, 2.05) is 12.1 Å². The summed E-state index contributed by atoms with van der Waals surface area (Å²) in [4.78, 5) is 14.5. The van der Waals surface area contributed by atoms with Gasteiger partial charge in [-0.05, 0) is 24.3 Å². The van der Waals surface area contributed by atoms with Crippen molar-refractivity contribution in [2.75, 3.05) is 7.11 Å². The molecule has 0 amide bonds. The SMILES string of the molecule is COC(=O)c1ccccc1.N#Cc1cccnc1. The van der Waals surface area contributed by atoms with E-state index in [9.17, 15) is 4.79 Å². The van der Waals surface area contributed by atoms with E-state index in [0.29, 0.717) is 11.1 Å². The van der Waals surface area contributed by atoms with Crippen LogP contribution >= 0.6 is 0 Å². The van der Waals surface area contributed by atoms with Crippen molar-refractivity contribution in [2.24, 2.45) is 0 Å². The minimum absolute atomic E-state index is 0.291. The van der Waals surface area contributed by atoms with E-state index in [4.69, 9.17) is 5.26 Å². The first-order valence-corrected chi connectivity index (χ1v) is 5.21. The monoisotopic (exact) mass is 240 g/mol. The Morgan fingerprint density at radius 3 is 2.39 bits per heavy atom. The number of hydrogen-bond donors (Lipinski definition) is 0. The molecule has 1 aromatic heterocycles. The summed E-state index contributed by atoms with van der Waals surface area (Å²) >= 11 is 0. The number of benzene rings is 1. The zero-order valence-electron chi connectivity index (χ0n) is 9.91. The highest BCUT2D eigenvalue weighted by molar-refractivity contribution is 5.89. The Bertz CT molecular complexity index is 518. The quantitative estimate of drug-likeness (QED) is 0.718. The van der Waals surface area contributed by atoms with Crippen LogP contribution in [0.3, 0.4) is 0 Å². The van der Waals surface area contributed by atoms with Crippen LogP contribution in [-0.2, 0) is 4.74 Å². The maximum atomic E-state index is 10.8. The predicted molar refractivity (Wildman–Crippen MR) is 66.7 cm³/mol. The summed E-state index contributed by atoms with van der Waals surface area (Å²) in [6.45, 7) is 0. The molecule has 1 aromatic carbocycles. The highest BCUT2D eigenvalue weighted by atomic mass is 16.5. The molecule has 0 bridgehead atoms. The van der Waals surface area contributed by atoms with Crippen LogP contribution in [0, 0.1) is 11.3 Å². The molecule has 2 aromatic rings. The van der Waals surface area contributed by atoms with Gasteiger partial charge in [-0.2, -0.15) is 5.26 Å². The number of methoxy groups -OCH3 is 1. The van der Waals surface area contributed by atoms with Gasteiger partial charge in [0.15, 0.2) is 0 Å². The lowest BCUT2D eigenvalue weighted by atomic mass is 10.2. The Morgan fingerprint density at radius 2 is 1.94 bits per heavy atom. The highest BCUT2D eigenvalue weighted by Crippen LogP contribution is 1.98. The number of rotatable bonds is 1. The van der Waals surface area contributed by atoms with Crippen LogP contribution in [-0.4, -0.2) is 18.1 Å². The van der Waals surface area contributed by atoms with Crippen molar-refractivity contribution in [3.8, 4) is 6.07 Å². The molecule has 90 valence electrons. The second-order valence-electron chi connectivity index (χ2n) is 3.21. The predicted octanol–water partition coefficient (Wildman–Crippen LogP) is 2.43. The number of carbonyl (C=O) groups is 1. The van der Waals surface area contributed by atoms with Crippen LogP contribution in [0.25, 0.3) is 0 Å². The molecule has 0 fully saturated rings. The van der Waals surface area contributed by atoms with Crippen molar-refractivity contribution in [1.82, 2.24) is 4.98 Å². The van der Waals surface area contributed by atoms with Crippen LogP contribution in [0.1, 0.15) is 15.9 Å². The summed E-state index contributed by atoms with van der Waals surface area (Å²) < 4.78 is 4.50. The molecule has 4 nitrogen and oxygen atoms in total. The van der Waals surface area contributed by atoms with E-state index in [-0.39, 0.29) is 5.97 Å². The molecule has 0 aliphatic rings. The summed E-state index contributed by atoms with van der Waals surface area (Å²) in [6, 6.07) is 14.3. The molecule has 0 saturated heterocycles. The first kappa shape index (κ1) is 13.4. The zero-order valence-corrected chi connectivity index (χ0v) is 9.91. The van der Waals surface area contributed by atoms with Gasteiger partial charge < -0.3 is 4.74 Å². The molecule has 0 radical (unpaired) electrons. The molecule has 0 aliphatic carbocycles. The third kappa shape index (κ3) is 4.45. The number of nitriles is 1. The van der Waals surface area contributed by atoms with Crippen molar-refractivity contribution in [2.45, 2.75) is 0 Å².